The summed E-state index contributed by atoms with van der Waals surface area (Å²) in [7, 11) is 1.66. The number of aliphatic hydroxyl groups is 1. The van der Waals surface area contributed by atoms with Crippen molar-refractivity contribution >= 4 is 61.1 Å². The van der Waals surface area contributed by atoms with E-state index in [1.807, 2.05) is 24.3 Å². The molecule has 9 heteroatoms. The molecule has 3 aliphatic heterocycles. The molecule has 4 nitrogen and oxygen atoms in total. The third-order valence-electron chi connectivity index (χ3n) is 5.82. The zero-order chi connectivity index (χ0) is 16.7. The predicted molar refractivity (Wildman–Crippen MR) is 116 cm³/mol. The molecule has 5 unspecified atom stereocenters. The average Bonchev–Trinajstić information content (AvgIpc) is 2.66. The minimum Gasteiger partial charge on any atom is -1.00 e. The van der Waals surface area contributed by atoms with Crippen LogP contribution >= 0.6 is 24.0 Å². The molecule has 1 N–H and O–H groups in total. The van der Waals surface area contributed by atoms with Crippen molar-refractivity contribution in [2.24, 2.45) is 11.8 Å². The number of fused-ring (bicyclic) bond motifs is 4. The second-order valence-corrected chi connectivity index (χ2v) is 6.97. The fourth-order valence-corrected chi connectivity index (χ4v) is 4.44. The minimum atomic E-state index is -0.504. The Morgan fingerprint density at radius 1 is 1.28 bits per heavy atom. The van der Waals surface area contributed by atoms with E-state index < -0.39 is 6.10 Å². The molecule has 0 amide bonds. The van der Waals surface area contributed by atoms with Gasteiger partial charge < -0.3 is 81.8 Å². The van der Waals surface area contributed by atoms with Crippen LogP contribution in [-0.4, -0.2) is 67.4 Å². The summed E-state index contributed by atoms with van der Waals surface area (Å²) in [6.45, 7) is 6.07. The van der Waals surface area contributed by atoms with Gasteiger partial charge >= 0.3 is 26.2 Å². The zero-order valence-corrected chi connectivity index (χ0v) is 28.3. The number of benzene rings is 1. The molecule has 1 aromatic carbocycles. The molecular formula is C20H25BiI4N2O2. The van der Waals surface area contributed by atoms with Gasteiger partial charge in [0.2, 0.25) is 0 Å². The summed E-state index contributed by atoms with van der Waals surface area (Å²) in [4.78, 5) is 6.86. The molecule has 3 fully saturated rings. The first-order chi connectivity index (χ1) is 11.7. The van der Waals surface area contributed by atoms with E-state index in [-0.39, 0.29) is 128 Å². The zero-order valence-electron chi connectivity index (χ0n) is 16.0. The van der Waals surface area contributed by atoms with Crippen molar-refractivity contribution < 1.29 is 81.8 Å². The van der Waals surface area contributed by atoms with Crippen LogP contribution in [0.2, 0.25) is 0 Å². The second kappa shape index (κ2) is 14.9. The van der Waals surface area contributed by atoms with Gasteiger partial charge in [0.1, 0.15) is 5.75 Å². The molecule has 2 radical (unpaired) electrons. The summed E-state index contributed by atoms with van der Waals surface area (Å²) in [5, 5.41) is 12.1. The minimum absolute atomic E-state index is 0. The summed E-state index contributed by atoms with van der Waals surface area (Å²) >= 11 is 0. The van der Waals surface area contributed by atoms with Crippen molar-refractivity contribution in [1.82, 2.24) is 9.88 Å². The van der Waals surface area contributed by atoms with Crippen molar-refractivity contribution in [3.63, 3.8) is 0 Å². The molecule has 5 rings (SSSR count). The molecule has 2 aromatic rings. The first-order valence-electron chi connectivity index (χ1n) is 8.68. The van der Waals surface area contributed by atoms with Crippen LogP contribution in [0.1, 0.15) is 24.5 Å². The van der Waals surface area contributed by atoms with E-state index in [0.29, 0.717) is 11.8 Å². The first-order valence-corrected chi connectivity index (χ1v) is 8.68. The summed E-state index contributed by atoms with van der Waals surface area (Å²) < 4.78 is 5.35. The number of aromatic nitrogens is 1. The normalized spacial score (nSPS) is 25.0. The van der Waals surface area contributed by atoms with E-state index in [0.717, 1.165) is 41.7 Å². The van der Waals surface area contributed by atoms with Gasteiger partial charge in [-0.2, -0.15) is 0 Å². The topological polar surface area (TPSA) is 45.6 Å². The molecule has 5 atom stereocenters. The molecule has 0 saturated carbocycles. The molecule has 0 aliphatic carbocycles. The number of pyridine rings is 1. The number of hydrogen-bond acceptors (Lipinski definition) is 4. The molecule has 3 aliphatic rings. The summed E-state index contributed by atoms with van der Waals surface area (Å²) in [6, 6.07) is 7.96. The van der Waals surface area contributed by atoms with Gasteiger partial charge in [0, 0.05) is 24.2 Å². The van der Waals surface area contributed by atoms with Gasteiger partial charge in [-0.05, 0) is 61.1 Å². The van der Waals surface area contributed by atoms with E-state index in [4.69, 9.17) is 4.74 Å². The van der Waals surface area contributed by atoms with Crippen molar-refractivity contribution in [3.05, 3.63) is 48.7 Å². The molecule has 29 heavy (non-hydrogen) atoms. The van der Waals surface area contributed by atoms with Gasteiger partial charge in [-0.1, -0.05) is 6.08 Å². The van der Waals surface area contributed by atoms with Crippen LogP contribution in [0.25, 0.3) is 10.9 Å². The largest absolute Gasteiger partial charge is 3.00 e. The Balaban J connectivity index is 0. The molecule has 0 spiro atoms. The van der Waals surface area contributed by atoms with Gasteiger partial charge in [-0.25, -0.2) is 0 Å². The van der Waals surface area contributed by atoms with E-state index >= 15 is 0 Å². The number of piperidine rings is 3. The van der Waals surface area contributed by atoms with Crippen LogP contribution in [0.3, 0.4) is 0 Å². The molecule has 3 saturated heterocycles. The molecule has 160 valence electrons. The van der Waals surface area contributed by atoms with Crippen molar-refractivity contribution in [1.29, 1.82) is 0 Å². The maximum atomic E-state index is 11.2. The standard InChI is InChI=1S/C20H24N2O2.Bi.4HI/c1-3-13-12-22-9-7-14(13)10-19(22)20(23)16-6-8-21-18-5-4-15(24-2)11-17(16)18;;;;;/h3-6,8,11,13-14,19-20,23H,1,7,9-10,12H2,2H3;;4*1H/q;+3;;;;/p-3. The number of nitrogens with zero attached hydrogens (tertiary/aromatic N) is 2. The van der Waals surface area contributed by atoms with E-state index in [1.54, 1.807) is 13.3 Å². The SMILES string of the molecule is C=CC1CN2CCC1CC2C(O)c1ccnc2ccc(OC)cc12.I.[Bi+3].[I-].[I-].[I-]. The third-order valence-corrected chi connectivity index (χ3v) is 5.82. The Morgan fingerprint density at radius 2 is 2.00 bits per heavy atom. The number of rotatable bonds is 4. The Morgan fingerprint density at radius 3 is 2.59 bits per heavy atom. The van der Waals surface area contributed by atoms with Gasteiger partial charge in [-0.3, -0.25) is 9.88 Å². The monoisotopic (exact) mass is 1040 g/mol. The van der Waals surface area contributed by atoms with Crippen LogP contribution in [0.4, 0.5) is 0 Å². The number of halogens is 4. The Kier molecular flexibility index (Phi) is 17.0. The van der Waals surface area contributed by atoms with E-state index in [9.17, 15) is 5.11 Å². The Bertz CT molecular complexity index is 783. The van der Waals surface area contributed by atoms with Crippen LogP contribution in [-0.2, 0) is 0 Å². The van der Waals surface area contributed by atoms with Crippen molar-refractivity contribution in [2.45, 2.75) is 25.0 Å². The Labute approximate surface area is 260 Å². The van der Waals surface area contributed by atoms with Crippen LogP contribution < -0.4 is 76.7 Å². The quantitative estimate of drug-likeness (QED) is 0.189. The molecule has 1 aromatic heterocycles. The van der Waals surface area contributed by atoms with Crippen molar-refractivity contribution in [3.8, 4) is 5.75 Å². The Hall–Kier alpha value is 1.89. The van der Waals surface area contributed by atoms with Crippen LogP contribution in [0, 0.1) is 11.8 Å². The van der Waals surface area contributed by atoms with Gasteiger partial charge in [-0.15, -0.1) is 30.6 Å². The van der Waals surface area contributed by atoms with Crippen molar-refractivity contribution in [2.75, 3.05) is 20.2 Å². The summed E-state index contributed by atoms with van der Waals surface area (Å²) in [5.41, 5.74) is 1.85. The fraction of sp³-hybridized carbons (Fsp3) is 0.450. The number of methoxy groups -OCH3 is 1. The van der Waals surface area contributed by atoms with Gasteiger partial charge in [0.05, 0.1) is 18.7 Å². The maximum absolute atomic E-state index is 11.2. The average molecular weight is 1040 g/mol. The van der Waals surface area contributed by atoms with Gasteiger partial charge in [0.25, 0.3) is 0 Å². The maximum Gasteiger partial charge on any atom is 3.00 e. The fourth-order valence-electron chi connectivity index (χ4n) is 4.44. The first kappa shape index (κ1) is 33.1. The van der Waals surface area contributed by atoms with E-state index in [1.165, 1.54) is 6.42 Å². The van der Waals surface area contributed by atoms with Gasteiger partial charge in [0.15, 0.2) is 0 Å². The van der Waals surface area contributed by atoms with Crippen LogP contribution in [0.5, 0.6) is 5.75 Å². The smallest absolute Gasteiger partial charge is 1.00 e. The molecular weight excluding hydrogens is 1020 g/mol. The number of ether oxygens (including phenoxy) is 1. The second-order valence-electron chi connectivity index (χ2n) is 6.97. The summed E-state index contributed by atoms with van der Waals surface area (Å²) in [5.74, 6) is 2.01. The number of aliphatic hydroxyl groups excluding tert-OH is 1. The molecule has 4 heterocycles. The molecule has 2 bridgehead atoms. The van der Waals surface area contributed by atoms with E-state index in [2.05, 4.69) is 22.5 Å². The van der Waals surface area contributed by atoms with Crippen LogP contribution in [0.15, 0.2) is 43.1 Å². The third kappa shape index (κ3) is 6.94. The summed E-state index contributed by atoms with van der Waals surface area (Å²) in [6.07, 6.45) is 5.62. The number of hydrogen-bond donors (Lipinski definition) is 1. The predicted octanol–water partition coefficient (Wildman–Crippen LogP) is -5.58.